The van der Waals surface area contributed by atoms with E-state index in [0.717, 1.165) is 64.1 Å². The van der Waals surface area contributed by atoms with E-state index in [9.17, 15) is 4.79 Å². The minimum absolute atomic E-state index is 0.0324. The molecule has 2 fully saturated rings. The molecule has 1 unspecified atom stereocenters. The van der Waals surface area contributed by atoms with Crippen molar-refractivity contribution >= 4 is 5.97 Å². The molecule has 1 aromatic rings. The molecule has 6 heteroatoms. The van der Waals surface area contributed by atoms with Crippen molar-refractivity contribution in [1.82, 2.24) is 20.0 Å². The molecule has 0 saturated carbocycles. The second kappa shape index (κ2) is 7.23. The van der Waals surface area contributed by atoms with Gasteiger partial charge in [0.1, 0.15) is 6.10 Å². The monoisotopic (exact) mass is 334 g/mol. The van der Waals surface area contributed by atoms with Gasteiger partial charge in [-0.2, -0.15) is 5.10 Å². The molecule has 0 amide bonds. The number of nitrogens with zero attached hydrogens (tertiary/aromatic N) is 3. The average Bonchev–Trinajstić information content (AvgIpc) is 2.99. The van der Waals surface area contributed by atoms with Crippen LogP contribution in [0.1, 0.15) is 37.1 Å². The van der Waals surface area contributed by atoms with Gasteiger partial charge in [0.2, 0.25) is 0 Å². The first-order chi connectivity index (χ1) is 11.5. The number of carbonyl (C=O) groups is 1. The maximum absolute atomic E-state index is 12.3. The van der Waals surface area contributed by atoms with E-state index in [2.05, 4.69) is 40.0 Å². The first-order valence-corrected chi connectivity index (χ1v) is 9.10. The number of cyclic esters (lactones) is 1. The molecule has 3 rings (SSSR count). The Hall–Kier alpha value is -1.40. The van der Waals surface area contributed by atoms with Crippen LogP contribution in [0.5, 0.6) is 0 Å². The first kappa shape index (κ1) is 17.4. The van der Waals surface area contributed by atoms with Crippen LogP contribution in [0.3, 0.4) is 0 Å². The topological polar surface area (TPSA) is 59.4 Å². The van der Waals surface area contributed by atoms with Gasteiger partial charge < -0.3 is 15.0 Å². The van der Waals surface area contributed by atoms with E-state index in [0.29, 0.717) is 0 Å². The van der Waals surface area contributed by atoms with Crippen molar-refractivity contribution in [3.63, 3.8) is 0 Å². The van der Waals surface area contributed by atoms with E-state index in [1.807, 2.05) is 6.92 Å². The molecule has 1 spiro atoms. The molecule has 0 bridgehead atoms. The summed E-state index contributed by atoms with van der Waals surface area (Å²) in [6.45, 7) is 8.74. The summed E-state index contributed by atoms with van der Waals surface area (Å²) in [7, 11) is 2.11. The average molecular weight is 334 g/mol. The van der Waals surface area contributed by atoms with Gasteiger partial charge in [-0.25, -0.2) is 0 Å². The number of esters is 1. The molecule has 2 saturated heterocycles. The molecule has 134 valence electrons. The van der Waals surface area contributed by atoms with Gasteiger partial charge in [-0.05, 0) is 65.9 Å². The van der Waals surface area contributed by atoms with Gasteiger partial charge in [0.15, 0.2) is 0 Å². The number of aromatic nitrogens is 2. The largest absolute Gasteiger partial charge is 0.461 e. The Bertz CT molecular complexity index is 578. The molecule has 1 atom stereocenters. The van der Waals surface area contributed by atoms with E-state index < -0.39 is 0 Å². The van der Waals surface area contributed by atoms with Gasteiger partial charge in [0.25, 0.3) is 0 Å². The molecular weight excluding hydrogens is 304 g/mol. The molecule has 0 aliphatic carbocycles. The molecular formula is C18H30N4O2. The zero-order valence-electron chi connectivity index (χ0n) is 15.2. The maximum Gasteiger partial charge on any atom is 0.312 e. The molecule has 6 nitrogen and oxygen atoms in total. The van der Waals surface area contributed by atoms with Crippen LogP contribution in [0.2, 0.25) is 0 Å². The molecule has 0 aromatic carbocycles. The quantitative estimate of drug-likeness (QED) is 0.799. The lowest BCUT2D eigenvalue weighted by Crippen LogP contribution is -2.39. The van der Waals surface area contributed by atoms with Gasteiger partial charge >= 0.3 is 5.97 Å². The summed E-state index contributed by atoms with van der Waals surface area (Å²) in [4.78, 5) is 14.6. The Morgan fingerprint density at radius 2 is 2.17 bits per heavy atom. The van der Waals surface area contributed by atoms with Crippen molar-refractivity contribution in [2.24, 2.45) is 5.41 Å². The third-order valence-corrected chi connectivity index (χ3v) is 5.41. The molecule has 3 heterocycles. The highest BCUT2D eigenvalue weighted by Crippen LogP contribution is 2.41. The molecule has 1 aromatic heterocycles. The maximum atomic E-state index is 12.3. The van der Waals surface area contributed by atoms with E-state index in [4.69, 9.17) is 4.74 Å². The fourth-order valence-electron chi connectivity index (χ4n) is 4.08. The first-order valence-electron chi connectivity index (χ1n) is 9.10. The molecule has 24 heavy (non-hydrogen) atoms. The van der Waals surface area contributed by atoms with Crippen LogP contribution < -0.4 is 5.32 Å². The Morgan fingerprint density at radius 3 is 2.83 bits per heavy atom. The predicted octanol–water partition coefficient (Wildman–Crippen LogP) is 1.51. The van der Waals surface area contributed by atoms with Crippen molar-refractivity contribution in [3.8, 4) is 0 Å². The summed E-state index contributed by atoms with van der Waals surface area (Å²) in [5.41, 5.74) is 2.08. The normalized spacial score (nSPS) is 23.2. The second-order valence-electron chi connectivity index (χ2n) is 7.53. The van der Waals surface area contributed by atoms with Gasteiger partial charge in [-0.3, -0.25) is 9.48 Å². The van der Waals surface area contributed by atoms with Crippen molar-refractivity contribution < 1.29 is 9.53 Å². The fourth-order valence-corrected chi connectivity index (χ4v) is 4.08. The van der Waals surface area contributed by atoms with Gasteiger partial charge in [-0.15, -0.1) is 0 Å². The van der Waals surface area contributed by atoms with E-state index in [-0.39, 0.29) is 17.5 Å². The number of nitrogens with one attached hydrogen (secondary N) is 1. The second-order valence-corrected chi connectivity index (χ2v) is 7.53. The number of carbonyl (C=O) groups excluding carboxylic acids is 1. The number of aryl methyl sites for hydroxylation is 3. The summed E-state index contributed by atoms with van der Waals surface area (Å²) >= 11 is 0. The third-order valence-electron chi connectivity index (χ3n) is 5.41. The lowest BCUT2D eigenvalue weighted by atomic mass is 9.76. The predicted molar refractivity (Wildman–Crippen MR) is 92.8 cm³/mol. The van der Waals surface area contributed by atoms with Gasteiger partial charge in [0.05, 0.1) is 11.1 Å². The van der Waals surface area contributed by atoms with Crippen LogP contribution in [0.4, 0.5) is 0 Å². The molecule has 0 radical (unpaired) electrons. The highest BCUT2D eigenvalue weighted by Gasteiger charge is 2.49. The van der Waals surface area contributed by atoms with Gasteiger partial charge in [0, 0.05) is 25.2 Å². The smallest absolute Gasteiger partial charge is 0.312 e. The van der Waals surface area contributed by atoms with Crippen LogP contribution in [0.15, 0.2) is 6.07 Å². The number of hydrogen-bond acceptors (Lipinski definition) is 5. The number of ether oxygens (including phenoxy) is 1. The molecule has 1 N–H and O–H groups in total. The Morgan fingerprint density at radius 1 is 1.42 bits per heavy atom. The Kier molecular flexibility index (Phi) is 5.25. The van der Waals surface area contributed by atoms with Crippen molar-refractivity contribution in [2.45, 2.75) is 52.2 Å². The van der Waals surface area contributed by atoms with Crippen LogP contribution >= 0.6 is 0 Å². The Labute approximate surface area is 144 Å². The molecule has 2 aliphatic heterocycles. The third kappa shape index (κ3) is 3.81. The number of piperidine rings is 1. The zero-order valence-corrected chi connectivity index (χ0v) is 15.2. The van der Waals surface area contributed by atoms with Crippen LogP contribution in [-0.4, -0.2) is 60.0 Å². The standard InChI is InChI=1S/C18H30N4O2/c1-14-11-15(2)22(20-14)10-4-9-21(3)13-16-12-18(17(23)24-16)5-7-19-8-6-18/h11,16,19H,4-10,12-13H2,1-3H3. The summed E-state index contributed by atoms with van der Waals surface area (Å²) < 4.78 is 7.76. The number of hydrogen-bond donors (Lipinski definition) is 1. The lowest BCUT2D eigenvalue weighted by Gasteiger charge is -2.29. The van der Waals surface area contributed by atoms with E-state index in [1.54, 1.807) is 0 Å². The fraction of sp³-hybridized carbons (Fsp3) is 0.778. The summed E-state index contributed by atoms with van der Waals surface area (Å²) in [5.74, 6) is 0.0324. The highest BCUT2D eigenvalue weighted by molar-refractivity contribution is 5.79. The zero-order chi connectivity index (χ0) is 17.2. The van der Waals surface area contributed by atoms with E-state index in [1.165, 1.54) is 5.69 Å². The van der Waals surface area contributed by atoms with E-state index >= 15 is 0 Å². The Balaban J connectivity index is 1.43. The number of rotatable bonds is 6. The minimum atomic E-state index is -0.208. The van der Waals surface area contributed by atoms with Crippen molar-refractivity contribution in [3.05, 3.63) is 17.5 Å². The summed E-state index contributed by atoms with van der Waals surface area (Å²) in [6, 6.07) is 2.11. The summed E-state index contributed by atoms with van der Waals surface area (Å²) in [6.07, 6.45) is 3.83. The minimum Gasteiger partial charge on any atom is -0.461 e. The van der Waals surface area contributed by atoms with Crippen molar-refractivity contribution in [2.75, 3.05) is 33.2 Å². The van der Waals surface area contributed by atoms with Crippen LogP contribution in [0.25, 0.3) is 0 Å². The van der Waals surface area contributed by atoms with Gasteiger partial charge in [-0.1, -0.05) is 0 Å². The summed E-state index contributed by atoms with van der Waals surface area (Å²) in [5, 5.41) is 7.84. The van der Waals surface area contributed by atoms with Crippen molar-refractivity contribution in [1.29, 1.82) is 0 Å². The highest BCUT2D eigenvalue weighted by atomic mass is 16.6. The number of likely N-dealkylation sites (N-methyl/N-ethyl adjacent to an activating group) is 1. The SMILES string of the molecule is Cc1cc(C)n(CCCN(C)CC2CC3(CCNCC3)C(=O)O2)n1. The van der Waals surface area contributed by atoms with Crippen LogP contribution in [0, 0.1) is 19.3 Å². The van der Waals surface area contributed by atoms with Crippen LogP contribution in [-0.2, 0) is 16.1 Å². The molecule has 2 aliphatic rings. The lowest BCUT2D eigenvalue weighted by molar-refractivity contribution is -0.150.